The largest absolute Gasteiger partial charge is 0.467 e. The number of nitrogens with zero attached hydrogens (tertiary/aromatic N) is 1. The van der Waals surface area contributed by atoms with E-state index in [9.17, 15) is 19.2 Å². The number of nitrogens with two attached hydrogens (primary N) is 1. The second-order valence-electron chi connectivity index (χ2n) is 5.60. The van der Waals surface area contributed by atoms with Gasteiger partial charge in [0.05, 0.1) is 13.7 Å². The van der Waals surface area contributed by atoms with Crippen LogP contribution in [-0.4, -0.2) is 54.8 Å². The molecule has 0 aliphatic heterocycles. The quantitative estimate of drug-likeness (QED) is 0.302. The van der Waals surface area contributed by atoms with Gasteiger partial charge in [0, 0.05) is 6.42 Å². The minimum Gasteiger partial charge on any atom is -0.467 e. The maximum Gasteiger partial charge on any atom is 0.341 e. The molecule has 0 heterocycles. The molecule has 0 aliphatic rings. The number of methoxy groups -OCH3 is 1. The van der Waals surface area contributed by atoms with Gasteiger partial charge < -0.3 is 20.7 Å². The zero-order chi connectivity index (χ0) is 19.2. The average molecular weight is 353 g/mol. The number of esters is 1. The minimum absolute atomic E-state index is 0.191. The number of unbranched alkanes of at least 4 members (excludes halogenated alkanes) is 4. The normalized spacial score (nSPS) is 11.1. The third kappa shape index (κ3) is 10.0. The Bertz CT molecular complexity index is 513. The standard InChI is InChI=1S/C17H27N3O5/c1-4-6-7-8-9-10-13(21)11-20(12-15(18)22)17(24)19-14(5-2)16(23)25-3/h2,14H,4,6-12H2,1,3H3,(H2,18,22)(H,19,24)/t14-/m0/s1. The van der Waals surface area contributed by atoms with E-state index >= 15 is 0 Å². The number of rotatable bonds is 12. The fraction of sp³-hybridized carbons (Fsp3) is 0.647. The van der Waals surface area contributed by atoms with Crippen LogP contribution in [0.5, 0.6) is 0 Å². The number of nitrogens with one attached hydrogen (secondary N) is 1. The Balaban J connectivity index is 4.64. The topological polar surface area (TPSA) is 119 Å². The molecule has 0 unspecified atom stereocenters. The minimum atomic E-state index is -1.31. The number of ether oxygens (including phenoxy) is 1. The maximum absolute atomic E-state index is 12.2. The first-order valence-electron chi connectivity index (χ1n) is 8.25. The highest BCUT2D eigenvalue weighted by Gasteiger charge is 2.24. The number of primary amides is 1. The van der Waals surface area contributed by atoms with Gasteiger partial charge in [-0.3, -0.25) is 9.59 Å². The lowest BCUT2D eigenvalue weighted by molar-refractivity contribution is -0.141. The molecule has 0 saturated heterocycles. The van der Waals surface area contributed by atoms with E-state index in [0.29, 0.717) is 6.42 Å². The highest BCUT2D eigenvalue weighted by atomic mass is 16.5. The summed E-state index contributed by atoms with van der Waals surface area (Å²) in [6, 6.07) is -2.14. The Morgan fingerprint density at radius 1 is 1.16 bits per heavy atom. The van der Waals surface area contributed by atoms with Crippen LogP contribution in [0.3, 0.4) is 0 Å². The number of hydrogen-bond donors (Lipinski definition) is 2. The Labute approximate surface area is 148 Å². The lowest BCUT2D eigenvalue weighted by Gasteiger charge is -2.22. The Hall–Kier alpha value is -2.56. The zero-order valence-electron chi connectivity index (χ0n) is 14.9. The number of carbonyl (C=O) groups is 4. The summed E-state index contributed by atoms with van der Waals surface area (Å²) in [7, 11) is 1.13. The van der Waals surface area contributed by atoms with Crippen molar-refractivity contribution in [3.63, 3.8) is 0 Å². The van der Waals surface area contributed by atoms with E-state index in [1.54, 1.807) is 0 Å². The lowest BCUT2D eigenvalue weighted by Crippen LogP contribution is -2.51. The average Bonchev–Trinajstić information content (AvgIpc) is 2.57. The molecular weight excluding hydrogens is 326 g/mol. The van der Waals surface area contributed by atoms with Crippen molar-refractivity contribution in [2.75, 3.05) is 20.2 Å². The molecule has 25 heavy (non-hydrogen) atoms. The predicted octanol–water partition coefficient (Wildman–Crippen LogP) is 0.588. The lowest BCUT2D eigenvalue weighted by atomic mass is 10.1. The van der Waals surface area contributed by atoms with Crippen LogP contribution in [-0.2, 0) is 19.1 Å². The van der Waals surface area contributed by atoms with Crippen LogP contribution in [0.25, 0.3) is 0 Å². The van der Waals surface area contributed by atoms with Crippen molar-refractivity contribution in [2.24, 2.45) is 5.73 Å². The molecule has 0 rings (SSSR count). The van der Waals surface area contributed by atoms with Gasteiger partial charge in [-0.15, -0.1) is 6.42 Å². The molecule has 0 aliphatic carbocycles. The molecule has 8 nitrogen and oxygen atoms in total. The Morgan fingerprint density at radius 3 is 2.32 bits per heavy atom. The Kier molecular flexibility index (Phi) is 11.5. The van der Waals surface area contributed by atoms with Crippen molar-refractivity contribution in [3.05, 3.63) is 0 Å². The summed E-state index contributed by atoms with van der Waals surface area (Å²) >= 11 is 0. The molecule has 3 amide bonds. The predicted molar refractivity (Wildman–Crippen MR) is 92.3 cm³/mol. The van der Waals surface area contributed by atoms with Gasteiger partial charge >= 0.3 is 12.0 Å². The van der Waals surface area contributed by atoms with Crippen molar-refractivity contribution in [2.45, 2.75) is 51.5 Å². The third-order valence-corrected chi connectivity index (χ3v) is 3.43. The first kappa shape index (κ1) is 22.4. The number of hydrogen-bond acceptors (Lipinski definition) is 5. The van der Waals surface area contributed by atoms with E-state index in [1.807, 2.05) is 0 Å². The van der Waals surface area contributed by atoms with Gasteiger partial charge in [0.15, 0.2) is 11.8 Å². The summed E-state index contributed by atoms with van der Waals surface area (Å²) < 4.78 is 4.46. The highest BCUT2D eigenvalue weighted by molar-refractivity contribution is 5.91. The van der Waals surface area contributed by atoms with E-state index in [1.165, 1.54) is 0 Å². The van der Waals surface area contributed by atoms with Gasteiger partial charge in [-0.1, -0.05) is 38.5 Å². The number of amides is 3. The van der Waals surface area contributed by atoms with Crippen LogP contribution in [0, 0.1) is 12.3 Å². The van der Waals surface area contributed by atoms with E-state index in [2.05, 4.69) is 22.9 Å². The maximum atomic E-state index is 12.2. The number of urea groups is 1. The molecule has 0 radical (unpaired) electrons. The molecule has 1 atom stereocenters. The fourth-order valence-corrected chi connectivity index (χ4v) is 2.11. The molecule has 0 aromatic carbocycles. The van der Waals surface area contributed by atoms with E-state index in [4.69, 9.17) is 12.2 Å². The number of carbonyl (C=O) groups excluding carboxylic acids is 4. The third-order valence-electron chi connectivity index (χ3n) is 3.43. The first-order chi connectivity index (χ1) is 11.8. The second kappa shape index (κ2) is 12.8. The smallest absolute Gasteiger partial charge is 0.341 e. The summed E-state index contributed by atoms with van der Waals surface area (Å²) in [5, 5.41) is 2.23. The molecule has 0 aromatic rings. The van der Waals surface area contributed by atoms with Crippen LogP contribution >= 0.6 is 0 Å². The van der Waals surface area contributed by atoms with Crippen LogP contribution in [0.4, 0.5) is 4.79 Å². The van der Waals surface area contributed by atoms with Gasteiger partial charge in [-0.05, 0) is 6.42 Å². The van der Waals surface area contributed by atoms with Crippen LogP contribution < -0.4 is 11.1 Å². The summed E-state index contributed by atoms with van der Waals surface area (Å²) in [6.07, 6.45) is 10.4. The van der Waals surface area contributed by atoms with Crippen molar-refractivity contribution in [1.82, 2.24) is 10.2 Å². The van der Waals surface area contributed by atoms with Gasteiger partial charge in [-0.25, -0.2) is 9.59 Å². The first-order valence-corrected chi connectivity index (χ1v) is 8.25. The molecule has 3 N–H and O–H groups in total. The van der Waals surface area contributed by atoms with Crippen LogP contribution in [0.2, 0.25) is 0 Å². The molecule has 8 heteroatoms. The summed E-state index contributed by atoms with van der Waals surface area (Å²) in [5.74, 6) is 0.275. The monoisotopic (exact) mass is 353 g/mol. The van der Waals surface area contributed by atoms with Crippen LogP contribution in [0.1, 0.15) is 45.4 Å². The van der Waals surface area contributed by atoms with Gasteiger partial charge in [-0.2, -0.15) is 0 Å². The van der Waals surface area contributed by atoms with Crippen molar-refractivity contribution < 1.29 is 23.9 Å². The van der Waals surface area contributed by atoms with E-state index < -0.39 is 30.5 Å². The number of terminal acetylenes is 1. The van der Waals surface area contributed by atoms with Gasteiger partial charge in [0.1, 0.15) is 6.54 Å². The molecule has 0 spiro atoms. The highest BCUT2D eigenvalue weighted by Crippen LogP contribution is 2.06. The fourth-order valence-electron chi connectivity index (χ4n) is 2.11. The summed E-state index contributed by atoms with van der Waals surface area (Å²) in [6.45, 7) is 1.37. The molecular formula is C17H27N3O5. The SMILES string of the molecule is C#C[C@H](NC(=O)N(CC(N)=O)CC(=O)CCCCCCC)C(=O)OC. The summed E-state index contributed by atoms with van der Waals surface area (Å²) in [5.41, 5.74) is 5.11. The van der Waals surface area contributed by atoms with Crippen LogP contribution in [0.15, 0.2) is 0 Å². The van der Waals surface area contributed by atoms with E-state index in [0.717, 1.165) is 44.1 Å². The molecule has 0 fully saturated rings. The summed E-state index contributed by atoms with van der Waals surface area (Å²) in [4.78, 5) is 47.7. The molecule has 0 bridgehead atoms. The number of Topliss-reactive ketones (excluding diaryl/α,β-unsaturated/α-hetero) is 1. The second-order valence-corrected chi connectivity index (χ2v) is 5.60. The molecule has 0 aromatic heterocycles. The van der Waals surface area contributed by atoms with E-state index in [-0.39, 0.29) is 12.3 Å². The molecule has 140 valence electrons. The zero-order valence-corrected chi connectivity index (χ0v) is 14.9. The Morgan fingerprint density at radius 2 is 1.80 bits per heavy atom. The van der Waals surface area contributed by atoms with Crippen molar-refractivity contribution >= 4 is 23.7 Å². The van der Waals surface area contributed by atoms with Crippen molar-refractivity contribution in [3.8, 4) is 12.3 Å². The molecule has 0 saturated carbocycles. The van der Waals surface area contributed by atoms with Gasteiger partial charge in [0.25, 0.3) is 0 Å². The van der Waals surface area contributed by atoms with Gasteiger partial charge in [0.2, 0.25) is 5.91 Å². The van der Waals surface area contributed by atoms with Crippen molar-refractivity contribution in [1.29, 1.82) is 0 Å². The number of ketones is 1.